The van der Waals surface area contributed by atoms with Gasteiger partial charge in [0.25, 0.3) is 0 Å². The number of fused-ring (bicyclic) bond motifs is 3. The Hall–Kier alpha value is -4.17. The van der Waals surface area contributed by atoms with Gasteiger partial charge < -0.3 is 20.7 Å². The summed E-state index contributed by atoms with van der Waals surface area (Å²) in [6, 6.07) is 22.2. The first-order chi connectivity index (χ1) is 23.1. The lowest BCUT2D eigenvalue weighted by Crippen LogP contribution is -2.54. The van der Waals surface area contributed by atoms with Crippen molar-refractivity contribution >= 4 is 17.9 Å². The predicted octanol–water partition coefficient (Wildman–Crippen LogP) is 6.18. The fraction of sp³-hybridized carbons (Fsp3) is 0.475. The Labute approximate surface area is 284 Å². The fourth-order valence-corrected chi connectivity index (χ4v) is 8.14. The average molecular weight is 649 g/mol. The zero-order valence-corrected chi connectivity index (χ0v) is 28.4. The molecule has 0 spiro atoms. The highest BCUT2D eigenvalue weighted by atomic mass is 16.6. The molecule has 3 aromatic carbocycles. The van der Waals surface area contributed by atoms with Crippen LogP contribution in [0.4, 0.5) is 4.79 Å². The number of aryl methyl sites for hydroxylation is 2. The Morgan fingerprint density at radius 3 is 2.06 bits per heavy atom. The maximum atomic E-state index is 13.9. The van der Waals surface area contributed by atoms with Crippen LogP contribution in [-0.4, -0.2) is 47.0 Å². The van der Waals surface area contributed by atoms with Crippen LogP contribution in [0.3, 0.4) is 0 Å². The molecule has 0 radical (unpaired) electrons. The molecule has 0 saturated carbocycles. The molecule has 1 saturated heterocycles. The van der Waals surface area contributed by atoms with Gasteiger partial charge in [0.05, 0.1) is 24.7 Å². The van der Waals surface area contributed by atoms with E-state index in [-0.39, 0.29) is 35.9 Å². The van der Waals surface area contributed by atoms with E-state index in [0.717, 1.165) is 55.2 Å². The molecule has 3 aromatic rings. The van der Waals surface area contributed by atoms with Gasteiger partial charge in [0.1, 0.15) is 11.6 Å². The molecule has 0 bridgehead atoms. The molecule has 8 nitrogen and oxygen atoms in total. The van der Waals surface area contributed by atoms with E-state index in [4.69, 9.17) is 4.74 Å². The normalized spacial score (nSPS) is 24.9. The van der Waals surface area contributed by atoms with E-state index in [1.807, 2.05) is 32.9 Å². The van der Waals surface area contributed by atoms with Gasteiger partial charge in [-0.25, -0.2) is 4.79 Å². The van der Waals surface area contributed by atoms with E-state index in [1.54, 1.807) is 4.90 Å². The third kappa shape index (κ3) is 6.86. The van der Waals surface area contributed by atoms with Crippen molar-refractivity contribution in [3.63, 3.8) is 0 Å². The molecule has 1 fully saturated rings. The molecule has 3 N–H and O–H groups in total. The monoisotopic (exact) mass is 648 g/mol. The molecule has 2 aliphatic heterocycles. The van der Waals surface area contributed by atoms with Crippen molar-refractivity contribution in [1.82, 2.24) is 20.9 Å². The van der Waals surface area contributed by atoms with Crippen molar-refractivity contribution < 1.29 is 19.1 Å². The van der Waals surface area contributed by atoms with Gasteiger partial charge in [0.2, 0.25) is 11.8 Å². The van der Waals surface area contributed by atoms with Gasteiger partial charge in [-0.3, -0.25) is 14.5 Å². The van der Waals surface area contributed by atoms with Gasteiger partial charge in [-0.1, -0.05) is 66.7 Å². The van der Waals surface area contributed by atoms with Crippen LogP contribution in [0.15, 0.2) is 66.7 Å². The summed E-state index contributed by atoms with van der Waals surface area (Å²) in [5.41, 5.74) is 7.57. The number of hydrogen-bond donors (Lipinski definition) is 3. The lowest BCUT2D eigenvalue weighted by atomic mass is 9.86. The Morgan fingerprint density at radius 1 is 0.792 bits per heavy atom. The second-order valence-electron chi connectivity index (χ2n) is 15.1. The van der Waals surface area contributed by atoms with Gasteiger partial charge in [-0.2, -0.15) is 0 Å². The third-order valence-electron chi connectivity index (χ3n) is 10.6. The average Bonchev–Trinajstić information content (AvgIpc) is 3.58. The van der Waals surface area contributed by atoms with Crippen molar-refractivity contribution in [3.05, 3.63) is 106 Å². The number of nitrogens with one attached hydrogen (secondary N) is 3. The Kier molecular flexibility index (Phi) is 9.03. The number of carbonyl (C=O) groups is 3. The minimum atomic E-state index is -0.687. The molecule has 7 rings (SSSR count). The topological polar surface area (TPSA) is 99.8 Å². The van der Waals surface area contributed by atoms with Crippen molar-refractivity contribution in [2.75, 3.05) is 6.54 Å². The number of nitrogens with zero attached hydrogens (tertiary/aromatic N) is 1. The lowest BCUT2D eigenvalue weighted by Gasteiger charge is -2.38. The molecule has 0 aromatic heterocycles. The van der Waals surface area contributed by atoms with E-state index in [0.29, 0.717) is 25.9 Å². The first-order valence-electron chi connectivity index (χ1n) is 17.7. The van der Waals surface area contributed by atoms with E-state index in [1.165, 1.54) is 22.3 Å². The van der Waals surface area contributed by atoms with E-state index < -0.39 is 17.7 Å². The van der Waals surface area contributed by atoms with Crippen molar-refractivity contribution in [3.8, 4) is 0 Å². The zero-order chi connectivity index (χ0) is 33.4. The zero-order valence-electron chi connectivity index (χ0n) is 28.4. The Morgan fingerprint density at radius 2 is 1.42 bits per heavy atom. The molecule has 5 atom stereocenters. The van der Waals surface area contributed by atoms with E-state index in [2.05, 4.69) is 70.5 Å². The number of amides is 3. The SMILES string of the molecule is CC(C)(C)OC(=O)N1Cc2cc(C3CN[C@H](C(=O)NC4CCCc5ccccc54)C3)ccc2C[C@H]1C(=O)NC1CCCc2ccccc21. The van der Waals surface area contributed by atoms with Crippen LogP contribution >= 0.6 is 0 Å². The van der Waals surface area contributed by atoms with Crippen LogP contribution in [0.1, 0.15) is 110 Å². The predicted molar refractivity (Wildman–Crippen MR) is 185 cm³/mol. The van der Waals surface area contributed by atoms with Gasteiger partial charge in [-0.05, 0) is 111 Å². The highest BCUT2D eigenvalue weighted by Crippen LogP contribution is 2.35. The van der Waals surface area contributed by atoms with E-state index in [9.17, 15) is 14.4 Å². The molecule has 2 aliphatic carbocycles. The largest absolute Gasteiger partial charge is 0.444 e. The minimum absolute atomic E-state index is 0.0581. The summed E-state index contributed by atoms with van der Waals surface area (Å²) in [6.07, 6.45) is 6.67. The molecular formula is C40H48N4O4. The maximum Gasteiger partial charge on any atom is 0.411 e. The van der Waals surface area contributed by atoms with Crippen molar-refractivity contribution in [2.24, 2.45) is 0 Å². The molecule has 3 amide bonds. The van der Waals surface area contributed by atoms with E-state index >= 15 is 0 Å². The third-order valence-corrected chi connectivity index (χ3v) is 10.6. The summed E-state index contributed by atoms with van der Waals surface area (Å²) in [7, 11) is 0. The molecule has 8 heteroatoms. The van der Waals surface area contributed by atoms with Gasteiger partial charge in [-0.15, -0.1) is 0 Å². The molecule has 3 unspecified atom stereocenters. The van der Waals surface area contributed by atoms with Crippen LogP contribution in [0.5, 0.6) is 0 Å². The number of hydrogen-bond acceptors (Lipinski definition) is 5. The molecule has 2 heterocycles. The smallest absolute Gasteiger partial charge is 0.411 e. The second-order valence-corrected chi connectivity index (χ2v) is 15.1. The van der Waals surface area contributed by atoms with Gasteiger partial charge >= 0.3 is 6.09 Å². The minimum Gasteiger partial charge on any atom is -0.444 e. The van der Waals surface area contributed by atoms with Crippen LogP contribution in [0.25, 0.3) is 0 Å². The van der Waals surface area contributed by atoms with Gasteiger partial charge in [0, 0.05) is 13.0 Å². The Bertz CT molecular complexity index is 1700. The van der Waals surface area contributed by atoms with Crippen LogP contribution in [0, 0.1) is 0 Å². The summed E-state index contributed by atoms with van der Waals surface area (Å²) >= 11 is 0. The molecular weight excluding hydrogens is 600 g/mol. The highest BCUT2D eigenvalue weighted by Gasteiger charge is 2.39. The number of carbonyl (C=O) groups excluding carboxylic acids is 3. The molecule has 4 aliphatic rings. The lowest BCUT2D eigenvalue weighted by molar-refractivity contribution is -0.128. The van der Waals surface area contributed by atoms with Crippen molar-refractivity contribution in [1.29, 1.82) is 0 Å². The summed E-state index contributed by atoms with van der Waals surface area (Å²) in [4.78, 5) is 42.6. The first kappa shape index (κ1) is 32.4. The second kappa shape index (κ2) is 13.4. The maximum absolute atomic E-state index is 13.9. The summed E-state index contributed by atoms with van der Waals surface area (Å²) in [5, 5.41) is 10.1. The summed E-state index contributed by atoms with van der Waals surface area (Å²) < 4.78 is 5.83. The summed E-state index contributed by atoms with van der Waals surface area (Å²) in [5.74, 6) is 0.0847. The van der Waals surface area contributed by atoms with Crippen LogP contribution < -0.4 is 16.0 Å². The number of rotatable bonds is 5. The molecule has 48 heavy (non-hydrogen) atoms. The quantitative estimate of drug-likeness (QED) is 0.307. The van der Waals surface area contributed by atoms with Gasteiger partial charge in [0.15, 0.2) is 0 Å². The molecule has 252 valence electrons. The number of ether oxygens (including phenoxy) is 1. The standard InChI is InChI=1S/C40H48N4O4/c1-40(2,3)48-39(47)44-24-30-20-27(29-21-35(41-23-29)37(45)42-33-16-8-12-25-10-4-6-14-31(25)33)18-19-28(30)22-36(44)38(46)43-34-17-9-13-26-11-5-7-15-32(26)34/h4-7,10-11,14-15,18-20,29,33-36,41H,8-9,12-13,16-17,21-24H2,1-3H3,(H,42,45)(H,43,46)/t29?,33?,34?,35-,36-/m0/s1. The first-order valence-corrected chi connectivity index (χ1v) is 17.7. The number of benzene rings is 3. The van der Waals surface area contributed by atoms with Crippen LogP contribution in [0.2, 0.25) is 0 Å². The summed E-state index contributed by atoms with van der Waals surface area (Å²) in [6.45, 7) is 6.55. The highest BCUT2D eigenvalue weighted by molar-refractivity contribution is 5.87. The van der Waals surface area contributed by atoms with Crippen molar-refractivity contribution in [2.45, 2.75) is 114 Å². The van der Waals surface area contributed by atoms with Crippen LogP contribution in [-0.2, 0) is 40.1 Å². The Balaban J connectivity index is 1.06. The fourth-order valence-electron chi connectivity index (χ4n) is 8.14.